The molecule has 7 nitrogen and oxygen atoms in total. The van der Waals surface area contributed by atoms with Gasteiger partial charge in [-0.05, 0) is 19.8 Å². The fourth-order valence-corrected chi connectivity index (χ4v) is 3.22. The Hall–Kier alpha value is -1.89. The van der Waals surface area contributed by atoms with Crippen molar-refractivity contribution in [1.29, 1.82) is 0 Å². The van der Waals surface area contributed by atoms with Crippen molar-refractivity contribution in [3.8, 4) is 0 Å². The second-order valence-electron chi connectivity index (χ2n) is 7.01. The minimum Gasteiger partial charge on any atom is -0.353 e. The molecule has 0 bridgehead atoms. The van der Waals surface area contributed by atoms with Crippen LogP contribution in [0.4, 0.5) is 0 Å². The second-order valence-corrected chi connectivity index (χ2v) is 7.01. The van der Waals surface area contributed by atoms with Gasteiger partial charge in [0.1, 0.15) is 0 Å². The number of aromatic nitrogens is 2. The lowest BCUT2D eigenvalue weighted by molar-refractivity contribution is -0.139. The van der Waals surface area contributed by atoms with Gasteiger partial charge in [0.2, 0.25) is 11.8 Å². The molecule has 0 saturated carbocycles. The van der Waals surface area contributed by atoms with E-state index in [1.807, 2.05) is 24.7 Å². The maximum Gasteiger partial charge on any atom is 0.237 e. The van der Waals surface area contributed by atoms with Crippen LogP contribution in [0, 0.1) is 5.92 Å². The van der Waals surface area contributed by atoms with Gasteiger partial charge >= 0.3 is 0 Å². The number of aryl methyl sites for hydroxylation is 1. The van der Waals surface area contributed by atoms with E-state index in [9.17, 15) is 9.59 Å². The first-order valence-corrected chi connectivity index (χ1v) is 9.25. The van der Waals surface area contributed by atoms with E-state index in [1.165, 1.54) is 0 Å². The zero-order chi connectivity index (χ0) is 18.4. The zero-order valence-electron chi connectivity index (χ0n) is 15.9. The van der Waals surface area contributed by atoms with E-state index >= 15 is 0 Å². The molecule has 0 spiro atoms. The van der Waals surface area contributed by atoms with Crippen molar-refractivity contribution in [2.45, 2.75) is 53.2 Å². The van der Waals surface area contributed by atoms with Crippen LogP contribution >= 0.6 is 0 Å². The SMILES string of the molecule is CCN(Cc1cnn(CC)c1)C(=O)C[C@@H]1C(=O)NCCN1CC(C)C. The fraction of sp³-hybridized carbons (Fsp3) is 0.722. The lowest BCUT2D eigenvalue weighted by Crippen LogP contribution is -2.57. The summed E-state index contributed by atoms with van der Waals surface area (Å²) in [5.41, 5.74) is 1.02. The summed E-state index contributed by atoms with van der Waals surface area (Å²) in [6.45, 7) is 12.5. The Balaban J connectivity index is 2.01. The summed E-state index contributed by atoms with van der Waals surface area (Å²) in [5, 5.41) is 7.15. The van der Waals surface area contributed by atoms with Gasteiger partial charge in [-0.2, -0.15) is 5.10 Å². The molecule has 1 fully saturated rings. The van der Waals surface area contributed by atoms with E-state index in [0.29, 0.717) is 25.6 Å². The van der Waals surface area contributed by atoms with Crippen molar-refractivity contribution in [3.63, 3.8) is 0 Å². The number of nitrogens with one attached hydrogen (secondary N) is 1. The topological polar surface area (TPSA) is 70.5 Å². The van der Waals surface area contributed by atoms with Crippen LogP contribution in [0.3, 0.4) is 0 Å². The Kier molecular flexibility index (Phi) is 6.99. The minimum atomic E-state index is -0.365. The number of hydrogen-bond acceptors (Lipinski definition) is 4. The largest absolute Gasteiger partial charge is 0.353 e. The highest BCUT2D eigenvalue weighted by atomic mass is 16.2. The van der Waals surface area contributed by atoms with Crippen LogP contribution < -0.4 is 5.32 Å². The monoisotopic (exact) mass is 349 g/mol. The number of hydrogen-bond donors (Lipinski definition) is 1. The van der Waals surface area contributed by atoms with Gasteiger partial charge in [0.05, 0.1) is 18.7 Å². The van der Waals surface area contributed by atoms with Crippen molar-refractivity contribution < 1.29 is 9.59 Å². The number of rotatable bonds is 8. The normalized spacial score (nSPS) is 18.4. The zero-order valence-corrected chi connectivity index (χ0v) is 15.9. The van der Waals surface area contributed by atoms with Crippen LogP contribution in [0.15, 0.2) is 12.4 Å². The maximum atomic E-state index is 12.8. The number of piperazine rings is 1. The van der Waals surface area contributed by atoms with E-state index in [4.69, 9.17) is 0 Å². The average Bonchev–Trinajstić information content (AvgIpc) is 3.03. The number of carbonyl (C=O) groups is 2. The lowest BCUT2D eigenvalue weighted by atomic mass is 10.1. The van der Waals surface area contributed by atoms with Gasteiger partial charge in [0, 0.05) is 51.0 Å². The van der Waals surface area contributed by atoms with E-state index in [-0.39, 0.29) is 24.3 Å². The second kappa shape index (κ2) is 8.99. The van der Waals surface area contributed by atoms with Crippen LogP contribution in [0.25, 0.3) is 0 Å². The molecule has 0 radical (unpaired) electrons. The Labute approximate surface area is 150 Å². The first-order valence-electron chi connectivity index (χ1n) is 9.25. The van der Waals surface area contributed by atoms with Crippen molar-refractivity contribution in [3.05, 3.63) is 18.0 Å². The standard InChI is InChI=1S/C18H31N5O2/c1-5-21(12-15-10-20-23(6-2)13-15)17(24)9-16-18(25)19-7-8-22(16)11-14(3)4/h10,13-14,16H,5-9,11-12H2,1-4H3,(H,19,25)/t16-/m1/s1. The molecule has 2 rings (SSSR count). The summed E-state index contributed by atoms with van der Waals surface area (Å²) in [6, 6.07) is -0.365. The molecular formula is C18H31N5O2. The van der Waals surface area contributed by atoms with Crippen molar-refractivity contribution in [2.24, 2.45) is 5.92 Å². The van der Waals surface area contributed by atoms with Crippen LogP contribution in [-0.4, -0.2) is 63.6 Å². The molecule has 0 aromatic carbocycles. The van der Waals surface area contributed by atoms with Gasteiger partial charge in [-0.25, -0.2) is 0 Å². The first-order chi connectivity index (χ1) is 11.9. The van der Waals surface area contributed by atoms with Gasteiger partial charge in [-0.1, -0.05) is 13.8 Å². The third kappa shape index (κ3) is 5.29. The predicted molar refractivity (Wildman–Crippen MR) is 96.8 cm³/mol. The maximum absolute atomic E-state index is 12.8. The Morgan fingerprint density at radius 1 is 1.44 bits per heavy atom. The summed E-state index contributed by atoms with van der Waals surface area (Å²) in [6.07, 6.45) is 4.00. The van der Waals surface area contributed by atoms with E-state index < -0.39 is 0 Å². The molecule has 1 aromatic heterocycles. The molecule has 1 aliphatic heterocycles. The summed E-state index contributed by atoms with van der Waals surface area (Å²) in [4.78, 5) is 29.0. The highest BCUT2D eigenvalue weighted by Gasteiger charge is 2.32. The molecule has 140 valence electrons. The molecule has 25 heavy (non-hydrogen) atoms. The van der Waals surface area contributed by atoms with Gasteiger partial charge in [0.25, 0.3) is 0 Å². The minimum absolute atomic E-state index is 0.0163. The summed E-state index contributed by atoms with van der Waals surface area (Å²) in [5.74, 6) is 0.448. The van der Waals surface area contributed by atoms with Crippen molar-refractivity contribution >= 4 is 11.8 Å². The third-order valence-electron chi connectivity index (χ3n) is 4.53. The van der Waals surface area contributed by atoms with Gasteiger partial charge < -0.3 is 10.2 Å². The molecule has 2 heterocycles. The van der Waals surface area contributed by atoms with E-state index in [0.717, 1.165) is 25.2 Å². The molecule has 0 aliphatic carbocycles. The fourth-order valence-electron chi connectivity index (χ4n) is 3.22. The summed E-state index contributed by atoms with van der Waals surface area (Å²) in [7, 11) is 0. The Morgan fingerprint density at radius 2 is 2.20 bits per heavy atom. The van der Waals surface area contributed by atoms with Crippen molar-refractivity contribution in [1.82, 2.24) is 24.9 Å². The van der Waals surface area contributed by atoms with Crippen LogP contribution in [0.1, 0.15) is 39.7 Å². The molecule has 1 aromatic rings. The Morgan fingerprint density at radius 3 is 2.80 bits per heavy atom. The molecule has 1 aliphatic rings. The summed E-state index contributed by atoms with van der Waals surface area (Å²) < 4.78 is 1.85. The highest BCUT2D eigenvalue weighted by molar-refractivity contribution is 5.88. The van der Waals surface area contributed by atoms with Crippen molar-refractivity contribution in [2.75, 3.05) is 26.2 Å². The smallest absolute Gasteiger partial charge is 0.237 e. The Bertz CT molecular complexity index is 584. The van der Waals surface area contributed by atoms with Gasteiger partial charge in [-0.15, -0.1) is 0 Å². The number of nitrogens with zero attached hydrogens (tertiary/aromatic N) is 4. The van der Waals surface area contributed by atoms with Crippen LogP contribution in [-0.2, 0) is 22.7 Å². The highest BCUT2D eigenvalue weighted by Crippen LogP contribution is 2.14. The lowest BCUT2D eigenvalue weighted by Gasteiger charge is -2.36. The molecule has 7 heteroatoms. The quantitative estimate of drug-likeness (QED) is 0.763. The molecule has 2 amide bonds. The molecule has 1 saturated heterocycles. The molecular weight excluding hydrogens is 318 g/mol. The molecule has 1 N–H and O–H groups in total. The molecule has 0 unspecified atom stereocenters. The van der Waals surface area contributed by atoms with Crippen LogP contribution in [0.5, 0.6) is 0 Å². The predicted octanol–water partition coefficient (Wildman–Crippen LogP) is 1.10. The average molecular weight is 349 g/mol. The third-order valence-corrected chi connectivity index (χ3v) is 4.53. The summed E-state index contributed by atoms with van der Waals surface area (Å²) >= 11 is 0. The van der Waals surface area contributed by atoms with Gasteiger partial charge in [0.15, 0.2) is 0 Å². The number of amides is 2. The first kappa shape index (κ1) is 19.4. The van der Waals surface area contributed by atoms with E-state index in [2.05, 4.69) is 29.2 Å². The van der Waals surface area contributed by atoms with Gasteiger partial charge in [-0.3, -0.25) is 19.2 Å². The van der Waals surface area contributed by atoms with E-state index in [1.54, 1.807) is 11.1 Å². The number of carbonyl (C=O) groups excluding carboxylic acids is 2. The van der Waals surface area contributed by atoms with Crippen LogP contribution in [0.2, 0.25) is 0 Å². The molecule has 1 atom stereocenters.